The molecule has 0 amide bonds. The molecule has 1 N–H and O–H groups in total. The third kappa shape index (κ3) is 3.37. The second-order valence-corrected chi connectivity index (χ2v) is 4.17. The number of carboxylic acids is 1. The molecular weight excluding hydrogens is 284 g/mol. The van der Waals surface area contributed by atoms with Crippen LogP contribution in [0.5, 0.6) is 5.75 Å². The second-order valence-electron chi connectivity index (χ2n) is 4.17. The minimum absolute atomic E-state index is 0. The molecule has 0 unspecified atom stereocenters. The third-order valence-electron chi connectivity index (χ3n) is 2.86. The molecule has 0 radical (unpaired) electrons. The van der Waals surface area contributed by atoms with Gasteiger partial charge in [0.05, 0.1) is 5.57 Å². The maximum absolute atomic E-state index is 12.8. The van der Waals surface area contributed by atoms with Gasteiger partial charge in [0.2, 0.25) is 6.10 Å². The van der Waals surface area contributed by atoms with Gasteiger partial charge in [-0.15, -0.1) is 0 Å². The van der Waals surface area contributed by atoms with E-state index in [4.69, 9.17) is 9.84 Å². The number of hydrogen-bond acceptors (Lipinski definition) is 2. The van der Waals surface area contributed by atoms with E-state index in [1.807, 2.05) is 6.92 Å². The molecule has 1 aromatic rings. The van der Waals surface area contributed by atoms with Crippen LogP contribution in [0.4, 0.5) is 13.2 Å². The number of carboxylic acid groups (broad SMARTS) is 1. The summed E-state index contributed by atoms with van der Waals surface area (Å²) in [5.74, 6) is -1.58. The molecule has 7 heteroatoms. The minimum atomic E-state index is -4.76. The van der Waals surface area contributed by atoms with Gasteiger partial charge in [0.25, 0.3) is 0 Å². The second kappa shape index (κ2) is 6.20. The molecule has 1 heterocycles. The topological polar surface area (TPSA) is 46.5 Å². The molecule has 3 nitrogen and oxygen atoms in total. The first-order valence-electron chi connectivity index (χ1n) is 5.64. The van der Waals surface area contributed by atoms with Crippen molar-refractivity contribution in [1.82, 2.24) is 0 Å². The zero-order chi connectivity index (χ0) is 14.2. The summed E-state index contributed by atoms with van der Waals surface area (Å²) >= 11 is 0. The number of alkyl halides is 3. The number of carbonyl (C=O) groups is 1. The first-order valence-corrected chi connectivity index (χ1v) is 5.64. The summed E-state index contributed by atoms with van der Waals surface area (Å²) in [6.07, 6.45) is -5.46. The van der Waals surface area contributed by atoms with Gasteiger partial charge in [0.1, 0.15) is 5.75 Å². The summed E-state index contributed by atoms with van der Waals surface area (Å²) in [4.78, 5) is 10.9. The number of benzene rings is 1. The minimum Gasteiger partial charge on any atom is -1.00 e. The zero-order valence-corrected chi connectivity index (χ0v) is 13.0. The van der Waals surface area contributed by atoms with Gasteiger partial charge in [-0.1, -0.05) is 13.0 Å². The number of rotatable bonds is 2. The molecule has 0 aliphatic carbocycles. The average molecular weight is 296 g/mol. The van der Waals surface area contributed by atoms with Crippen LogP contribution in [0, 0.1) is 0 Å². The van der Waals surface area contributed by atoms with Crippen LogP contribution in [0.15, 0.2) is 23.8 Å². The van der Waals surface area contributed by atoms with Gasteiger partial charge in [0, 0.05) is 5.56 Å². The van der Waals surface area contributed by atoms with Gasteiger partial charge in [-0.05, 0) is 30.2 Å². The van der Waals surface area contributed by atoms with E-state index in [0.29, 0.717) is 12.0 Å². The predicted molar refractivity (Wildman–Crippen MR) is 63.0 cm³/mol. The van der Waals surface area contributed by atoms with Crippen LogP contribution in [0.2, 0.25) is 0 Å². The Bertz CT molecular complexity index is 558. The van der Waals surface area contributed by atoms with Crippen LogP contribution in [0.25, 0.3) is 6.08 Å². The standard InChI is InChI=1S/C13H11F3O3.Na.H/c1-2-7-3-4-10-8(5-7)6-9(12(17)18)11(19-10)13(14,15)16;;/h3-6,11H,2H2,1H3,(H,17,18);;/q;+1;-1/t11-;;/m1../s1. The largest absolute Gasteiger partial charge is 1.00 e. The maximum atomic E-state index is 12.8. The third-order valence-corrected chi connectivity index (χ3v) is 2.86. The Morgan fingerprint density at radius 3 is 2.60 bits per heavy atom. The molecule has 1 aliphatic rings. The van der Waals surface area contributed by atoms with Crippen molar-refractivity contribution in [2.24, 2.45) is 0 Å². The van der Waals surface area contributed by atoms with Crippen LogP contribution in [0.1, 0.15) is 19.5 Å². The fraction of sp³-hybridized carbons (Fsp3) is 0.308. The molecule has 0 bridgehead atoms. The number of aryl methyl sites for hydroxylation is 1. The van der Waals surface area contributed by atoms with Gasteiger partial charge in [-0.25, -0.2) is 4.79 Å². The normalized spacial score (nSPS) is 17.4. The van der Waals surface area contributed by atoms with Crippen molar-refractivity contribution in [3.63, 3.8) is 0 Å². The average Bonchev–Trinajstić information content (AvgIpc) is 2.35. The smallest absolute Gasteiger partial charge is 1.00 e. The molecule has 0 saturated heterocycles. The van der Waals surface area contributed by atoms with Crippen molar-refractivity contribution < 1.29 is 58.8 Å². The van der Waals surface area contributed by atoms with Crippen LogP contribution in [-0.2, 0) is 11.2 Å². The van der Waals surface area contributed by atoms with Crippen molar-refractivity contribution in [2.75, 3.05) is 0 Å². The number of fused-ring (bicyclic) bond motifs is 1. The number of halogens is 3. The summed E-state index contributed by atoms with van der Waals surface area (Å²) in [6, 6.07) is 4.72. The number of hydrogen-bond donors (Lipinski definition) is 1. The molecule has 0 saturated carbocycles. The summed E-state index contributed by atoms with van der Waals surface area (Å²) < 4.78 is 43.1. The Balaban J connectivity index is 0.00000200. The van der Waals surface area contributed by atoms with E-state index in [-0.39, 0.29) is 36.7 Å². The molecule has 1 aromatic carbocycles. The first kappa shape index (κ1) is 17.1. The Hall–Kier alpha value is -0.980. The summed E-state index contributed by atoms with van der Waals surface area (Å²) in [5.41, 5.74) is 0.458. The predicted octanol–water partition coefficient (Wildman–Crippen LogP) is 0.157. The van der Waals surface area contributed by atoms with Crippen molar-refractivity contribution in [3.05, 3.63) is 34.9 Å². The molecule has 104 valence electrons. The van der Waals surface area contributed by atoms with Gasteiger partial charge in [0.15, 0.2) is 0 Å². The van der Waals surface area contributed by atoms with Crippen LogP contribution in [-0.4, -0.2) is 23.4 Å². The maximum Gasteiger partial charge on any atom is 1.00 e. The fourth-order valence-corrected chi connectivity index (χ4v) is 1.89. The number of aliphatic carboxylic acids is 1. The summed E-state index contributed by atoms with van der Waals surface area (Å²) in [5, 5.41) is 8.88. The van der Waals surface area contributed by atoms with E-state index in [2.05, 4.69) is 0 Å². The Labute approximate surface area is 137 Å². The van der Waals surface area contributed by atoms with E-state index in [0.717, 1.165) is 11.6 Å². The molecule has 1 aliphatic heterocycles. The van der Waals surface area contributed by atoms with E-state index < -0.39 is 23.8 Å². The van der Waals surface area contributed by atoms with Crippen molar-refractivity contribution >= 4 is 12.0 Å². The van der Waals surface area contributed by atoms with Crippen molar-refractivity contribution in [3.8, 4) is 5.75 Å². The van der Waals surface area contributed by atoms with Gasteiger partial charge < -0.3 is 11.3 Å². The van der Waals surface area contributed by atoms with Gasteiger partial charge in [-0.2, -0.15) is 13.2 Å². The molecule has 2 rings (SSSR count). The Morgan fingerprint density at radius 2 is 2.10 bits per heavy atom. The van der Waals surface area contributed by atoms with E-state index in [1.165, 1.54) is 6.07 Å². The molecular formula is C13H12F3NaO3. The fourth-order valence-electron chi connectivity index (χ4n) is 1.89. The molecule has 0 spiro atoms. The SMILES string of the molecule is CCc1ccc2c(c1)C=C(C(=O)O)[C@H](C(F)(F)F)O2.[H-].[Na+]. The summed E-state index contributed by atoms with van der Waals surface area (Å²) in [6.45, 7) is 1.89. The quantitative estimate of drug-likeness (QED) is 0.791. The molecule has 1 atom stereocenters. The van der Waals surface area contributed by atoms with Gasteiger partial charge >= 0.3 is 41.7 Å². The van der Waals surface area contributed by atoms with Crippen LogP contribution in [0.3, 0.4) is 0 Å². The van der Waals surface area contributed by atoms with Gasteiger partial charge in [-0.3, -0.25) is 0 Å². The van der Waals surface area contributed by atoms with E-state index in [9.17, 15) is 18.0 Å². The summed E-state index contributed by atoms with van der Waals surface area (Å²) in [7, 11) is 0. The molecule has 0 fully saturated rings. The zero-order valence-electron chi connectivity index (χ0n) is 12.0. The molecule has 20 heavy (non-hydrogen) atoms. The first-order chi connectivity index (χ1) is 8.82. The van der Waals surface area contributed by atoms with E-state index >= 15 is 0 Å². The Morgan fingerprint density at radius 1 is 1.45 bits per heavy atom. The van der Waals surface area contributed by atoms with Crippen molar-refractivity contribution in [1.29, 1.82) is 0 Å². The monoisotopic (exact) mass is 296 g/mol. The van der Waals surface area contributed by atoms with Crippen LogP contribution < -0.4 is 34.3 Å². The molecule has 0 aromatic heterocycles. The van der Waals surface area contributed by atoms with E-state index in [1.54, 1.807) is 12.1 Å². The number of ether oxygens (including phenoxy) is 1. The Kier molecular flexibility index (Phi) is 5.29. The van der Waals surface area contributed by atoms with Crippen LogP contribution >= 0.6 is 0 Å². The van der Waals surface area contributed by atoms with Crippen molar-refractivity contribution in [2.45, 2.75) is 25.6 Å².